The van der Waals surface area contributed by atoms with E-state index in [-0.39, 0.29) is 11.5 Å². The molecule has 2 N–H and O–H groups in total. The average molecular weight is 303 g/mol. The van der Waals surface area contributed by atoms with E-state index in [4.69, 9.17) is 10.5 Å². The van der Waals surface area contributed by atoms with Crippen LogP contribution in [0.1, 0.15) is 0 Å². The van der Waals surface area contributed by atoms with Crippen LogP contribution < -0.4 is 10.5 Å². The van der Waals surface area contributed by atoms with Crippen molar-refractivity contribution >= 4 is 40.5 Å². The third-order valence-electron chi connectivity index (χ3n) is 2.04. The topological polar surface area (TPSA) is 61.0 Å². The lowest BCUT2D eigenvalue weighted by molar-refractivity contribution is 0.414. The molecule has 96 valence electrons. The highest BCUT2D eigenvalue weighted by molar-refractivity contribution is 8.03. The van der Waals surface area contributed by atoms with Gasteiger partial charge < -0.3 is 10.5 Å². The number of hydrogen-bond acceptors (Lipinski definition) is 7. The highest BCUT2D eigenvalue weighted by atomic mass is 32.2. The summed E-state index contributed by atoms with van der Waals surface area (Å²) >= 11 is 4.14. The van der Waals surface area contributed by atoms with Gasteiger partial charge in [0.15, 0.2) is 8.68 Å². The summed E-state index contributed by atoms with van der Waals surface area (Å²) in [6.45, 7) is 0. The molecule has 0 aliphatic heterocycles. The number of benzene rings is 1. The fourth-order valence-electron chi connectivity index (χ4n) is 1.22. The van der Waals surface area contributed by atoms with Gasteiger partial charge in [-0.05, 0) is 12.3 Å². The van der Waals surface area contributed by atoms with Crippen LogP contribution in [0.15, 0.2) is 25.7 Å². The van der Waals surface area contributed by atoms with E-state index in [9.17, 15) is 4.39 Å². The number of nitrogen functional groups attached to an aromatic ring is 1. The molecule has 0 aliphatic carbocycles. The van der Waals surface area contributed by atoms with Crippen molar-refractivity contribution < 1.29 is 9.13 Å². The molecule has 0 atom stereocenters. The fraction of sp³-hybridized carbons (Fsp3) is 0.200. The van der Waals surface area contributed by atoms with E-state index in [0.29, 0.717) is 15.0 Å². The summed E-state index contributed by atoms with van der Waals surface area (Å²) in [6.07, 6.45) is 1.92. The lowest BCUT2D eigenvalue weighted by Gasteiger charge is -2.07. The Labute approximate surface area is 116 Å². The maximum atomic E-state index is 13.7. The van der Waals surface area contributed by atoms with Crippen molar-refractivity contribution in [3.05, 3.63) is 17.9 Å². The summed E-state index contributed by atoms with van der Waals surface area (Å²) in [4.78, 5) is 0.421. The molecule has 0 radical (unpaired) electrons. The predicted molar refractivity (Wildman–Crippen MR) is 73.2 cm³/mol. The van der Waals surface area contributed by atoms with Crippen LogP contribution >= 0.6 is 34.9 Å². The summed E-state index contributed by atoms with van der Waals surface area (Å²) in [5, 5.41) is 7.93. The van der Waals surface area contributed by atoms with Crippen LogP contribution in [0, 0.1) is 5.82 Å². The molecule has 0 saturated carbocycles. The number of anilines is 1. The van der Waals surface area contributed by atoms with E-state index in [1.165, 1.54) is 48.0 Å². The first-order valence-corrected chi connectivity index (χ1v) is 7.68. The van der Waals surface area contributed by atoms with Crippen molar-refractivity contribution in [2.75, 3.05) is 19.1 Å². The third-order valence-corrected chi connectivity index (χ3v) is 5.03. The summed E-state index contributed by atoms with van der Waals surface area (Å²) in [6, 6.07) is 2.81. The second-order valence-corrected chi connectivity index (χ2v) is 6.48. The molecule has 0 bridgehead atoms. The fourth-order valence-corrected chi connectivity index (χ4v) is 3.65. The van der Waals surface area contributed by atoms with Gasteiger partial charge in [0.05, 0.1) is 17.7 Å². The molecular weight excluding hydrogens is 293 g/mol. The SMILES string of the molecule is COc1cc(Sc2nnc(SC)s2)c(F)cc1N. The number of rotatable bonds is 4. The van der Waals surface area contributed by atoms with Gasteiger partial charge in [-0.25, -0.2) is 4.39 Å². The Morgan fingerprint density at radius 3 is 2.67 bits per heavy atom. The number of aromatic nitrogens is 2. The van der Waals surface area contributed by atoms with Gasteiger partial charge in [-0.2, -0.15) is 0 Å². The van der Waals surface area contributed by atoms with Gasteiger partial charge in [0.2, 0.25) is 0 Å². The van der Waals surface area contributed by atoms with Crippen LogP contribution in [0.2, 0.25) is 0 Å². The van der Waals surface area contributed by atoms with E-state index >= 15 is 0 Å². The van der Waals surface area contributed by atoms with Gasteiger partial charge in [-0.15, -0.1) is 10.2 Å². The number of halogens is 1. The minimum absolute atomic E-state index is 0.279. The van der Waals surface area contributed by atoms with Crippen LogP contribution in [-0.4, -0.2) is 23.6 Å². The van der Waals surface area contributed by atoms with Crippen LogP contribution in [0.4, 0.5) is 10.1 Å². The quantitative estimate of drug-likeness (QED) is 0.691. The minimum atomic E-state index is -0.390. The van der Waals surface area contributed by atoms with Crippen molar-refractivity contribution in [1.29, 1.82) is 0 Å². The zero-order valence-electron chi connectivity index (χ0n) is 9.64. The van der Waals surface area contributed by atoms with Crippen LogP contribution in [-0.2, 0) is 0 Å². The summed E-state index contributed by atoms with van der Waals surface area (Å²) in [5.74, 6) is 0.0627. The second kappa shape index (κ2) is 5.77. The van der Waals surface area contributed by atoms with Gasteiger partial charge in [0.1, 0.15) is 11.6 Å². The van der Waals surface area contributed by atoms with E-state index < -0.39 is 0 Å². The summed E-state index contributed by atoms with van der Waals surface area (Å²) in [5.41, 5.74) is 5.90. The second-order valence-electron chi connectivity index (χ2n) is 3.16. The molecule has 4 nitrogen and oxygen atoms in total. The maximum absolute atomic E-state index is 13.7. The molecule has 8 heteroatoms. The van der Waals surface area contributed by atoms with Gasteiger partial charge in [-0.3, -0.25) is 0 Å². The Kier molecular flexibility index (Phi) is 4.31. The number of nitrogens with zero attached hydrogens (tertiary/aromatic N) is 2. The van der Waals surface area contributed by atoms with E-state index in [1.54, 1.807) is 6.07 Å². The first-order valence-electron chi connectivity index (χ1n) is 4.82. The molecule has 2 aromatic rings. The lowest BCUT2D eigenvalue weighted by atomic mass is 10.3. The Morgan fingerprint density at radius 2 is 2.06 bits per heavy atom. The highest BCUT2D eigenvalue weighted by Crippen LogP contribution is 2.37. The monoisotopic (exact) mass is 303 g/mol. The van der Waals surface area contributed by atoms with Crippen molar-refractivity contribution in [3.8, 4) is 5.75 Å². The van der Waals surface area contributed by atoms with Gasteiger partial charge in [0, 0.05) is 6.07 Å². The van der Waals surface area contributed by atoms with Crippen molar-refractivity contribution in [1.82, 2.24) is 10.2 Å². The lowest BCUT2D eigenvalue weighted by Crippen LogP contribution is -1.94. The zero-order chi connectivity index (χ0) is 13.1. The van der Waals surface area contributed by atoms with Crippen molar-refractivity contribution in [3.63, 3.8) is 0 Å². The number of thioether (sulfide) groups is 1. The smallest absolute Gasteiger partial charge is 0.179 e. The van der Waals surface area contributed by atoms with Crippen LogP contribution in [0.25, 0.3) is 0 Å². The molecule has 1 aromatic carbocycles. The van der Waals surface area contributed by atoms with E-state index in [1.807, 2.05) is 6.26 Å². The molecule has 0 fully saturated rings. The maximum Gasteiger partial charge on any atom is 0.179 e. The van der Waals surface area contributed by atoms with E-state index in [0.717, 1.165) is 4.34 Å². The molecule has 2 rings (SSSR count). The number of nitrogens with two attached hydrogens (primary N) is 1. The number of methoxy groups -OCH3 is 1. The normalized spacial score (nSPS) is 10.6. The summed E-state index contributed by atoms with van der Waals surface area (Å²) < 4.78 is 20.3. The molecule has 0 aliphatic rings. The molecule has 0 spiro atoms. The third kappa shape index (κ3) is 2.88. The van der Waals surface area contributed by atoms with Gasteiger partial charge in [0.25, 0.3) is 0 Å². The molecule has 1 heterocycles. The number of ether oxygens (including phenoxy) is 1. The molecule has 1 aromatic heterocycles. The highest BCUT2D eigenvalue weighted by Gasteiger charge is 2.12. The Balaban J connectivity index is 2.28. The van der Waals surface area contributed by atoms with Crippen molar-refractivity contribution in [2.45, 2.75) is 13.6 Å². The van der Waals surface area contributed by atoms with Gasteiger partial charge in [-0.1, -0.05) is 34.9 Å². The molecule has 0 amide bonds. The van der Waals surface area contributed by atoms with E-state index in [2.05, 4.69) is 10.2 Å². The summed E-state index contributed by atoms with van der Waals surface area (Å²) in [7, 11) is 1.49. The first-order chi connectivity index (χ1) is 8.63. The van der Waals surface area contributed by atoms with Crippen molar-refractivity contribution in [2.24, 2.45) is 0 Å². The van der Waals surface area contributed by atoms with Crippen LogP contribution in [0.5, 0.6) is 5.75 Å². The molecule has 0 saturated heterocycles. The Morgan fingerprint density at radius 1 is 1.33 bits per heavy atom. The first kappa shape index (κ1) is 13.4. The minimum Gasteiger partial charge on any atom is -0.495 e. The average Bonchev–Trinajstić information content (AvgIpc) is 2.80. The molecular formula is C10H10FN3OS3. The standard InChI is InChI=1S/C10H10FN3OS3/c1-15-7-4-8(5(11)3-6(7)12)17-10-14-13-9(16-2)18-10/h3-4H,12H2,1-2H3. The Bertz CT molecular complexity index is 561. The zero-order valence-corrected chi connectivity index (χ0v) is 12.1. The Hall–Kier alpha value is -0.990. The number of hydrogen-bond donors (Lipinski definition) is 1. The molecule has 18 heavy (non-hydrogen) atoms. The molecule has 0 unspecified atom stereocenters. The predicted octanol–water partition coefficient (Wildman–Crippen LogP) is 3.14. The van der Waals surface area contributed by atoms with Crippen LogP contribution in [0.3, 0.4) is 0 Å². The largest absolute Gasteiger partial charge is 0.495 e. The van der Waals surface area contributed by atoms with Gasteiger partial charge >= 0.3 is 0 Å².